The lowest BCUT2D eigenvalue weighted by atomic mass is 9.89. The Kier molecular flexibility index (Phi) is 4.18. The Balaban J connectivity index is 1.88. The van der Waals surface area contributed by atoms with Crippen LogP contribution in [0.2, 0.25) is 0 Å². The van der Waals surface area contributed by atoms with E-state index in [0.29, 0.717) is 5.92 Å². The average Bonchev–Trinajstić information content (AvgIpc) is 3.08. The van der Waals surface area contributed by atoms with Crippen LogP contribution in [0.1, 0.15) is 30.0 Å². The van der Waals surface area contributed by atoms with E-state index in [1.54, 1.807) is 0 Å². The predicted octanol–water partition coefficient (Wildman–Crippen LogP) is 4.31. The van der Waals surface area contributed by atoms with E-state index in [-0.39, 0.29) is 0 Å². The van der Waals surface area contributed by atoms with E-state index in [0.717, 1.165) is 31.6 Å². The van der Waals surface area contributed by atoms with Crippen molar-refractivity contribution >= 4 is 0 Å². The summed E-state index contributed by atoms with van der Waals surface area (Å²) < 4.78 is 2.15. The van der Waals surface area contributed by atoms with E-state index < -0.39 is 0 Å². The molecular formula is C21H23N3. The number of aromatic nitrogens is 2. The van der Waals surface area contributed by atoms with Gasteiger partial charge in [-0.25, -0.2) is 4.68 Å². The highest BCUT2D eigenvalue weighted by Gasteiger charge is 2.24. The molecule has 1 aliphatic rings. The highest BCUT2D eigenvalue weighted by molar-refractivity contribution is 5.70. The molecule has 3 aromatic rings. The fourth-order valence-electron chi connectivity index (χ4n) is 3.70. The number of nitrogens with zero attached hydrogens (tertiary/aromatic N) is 2. The minimum absolute atomic E-state index is 0.545. The number of hydrogen-bond donors (Lipinski definition) is 1. The monoisotopic (exact) mass is 317 g/mol. The Bertz CT molecular complexity index is 814. The molecule has 2 heterocycles. The number of aryl methyl sites for hydroxylation is 1. The molecule has 24 heavy (non-hydrogen) atoms. The first kappa shape index (κ1) is 15.2. The zero-order valence-electron chi connectivity index (χ0n) is 14.1. The molecule has 4 rings (SSSR count). The molecule has 0 bridgehead atoms. The van der Waals surface area contributed by atoms with Gasteiger partial charge in [-0.1, -0.05) is 42.5 Å². The molecule has 3 nitrogen and oxygen atoms in total. The third-order valence-corrected chi connectivity index (χ3v) is 4.97. The molecule has 3 heteroatoms. The van der Waals surface area contributed by atoms with Crippen LogP contribution in [0.5, 0.6) is 0 Å². The molecule has 0 aliphatic carbocycles. The minimum atomic E-state index is 0.545. The maximum Gasteiger partial charge on any atom is 0.0649 e. The van der Waals surface area contributed by atoms with Crippen molar-refractivity contribution in [2.45, 2.75) is 25.7 Å². The Labute approximate surface area is 143 Å². The van der Waals surface area contributed by atoms with Gasteiger partial charge in [0.05, 0.1) is 17.6 Å². The molecular weight excluding hydrogens is 294 g/mol. The van der Waals surface area contributed by atoms with Gasteiger partial charge in [-0.05, 0) is 56.1 Å². The van der Waals surface area contributed by atoms with Gasteiger partial charge < -0.3 is 5.32 Å². The van der Waals surface area contributed by atoms with Crippen molar-refractivity contribution in [2.24, 2.45) is 0 Å². The quantitative estimate of drug-likeness (QED) is 0.780. The molecule has 1 fully saturated rings. The summed E-state index contributed by atoms with van der Waals surface area (Å²) in [5, 5.41) is 8.25. The van der Waals surface area contributed by atoms with Crippen molar-refractivity contribution < 1.29 is 0 Å². The van der Waals surface area contributed by atoms with Crippen LogP contribution in [0.15, 0.2) is 60.8 Å². The predicted molar refractivity (Wildman–Crippen MR) is 98.6 cm³/mol. The van der Waals surface area contributed by atoms with Crippen molar-refractivity contribution in [1.29, 1.82) is 0 Å². The second-order valence-corrected chi connectivity index (χ2v) is 6.53. The van der Waals surface area contributed by atoms with Crippen molar-refractivity contribution in [3.8, 4) is 16.8 Å². The SMILES string of the molecule is Cc1ccccc1-c1cnn(-c2ccccc2)c1C1CCNCC1. The average molecular weight is 317 g/mol. The van der Waals surface area contributed by atoms with E-state index in [9.17, 15) is 0 Å². The van der Waals surface area contributed by atoms with E-state index in [1.165, 1.54) is 22.4 Å². The molecule has 1 N–H and O–H groups in total. The van der Waals surface area contributed by atoms with Gasteiger partial charge in [0, 0.05) is 11.5 Å². The number of benzene rings is 2. The summed E-state index contributed by atoms with van der Waals surface area (Å²) in [6.45, 7) is 4.34. The van der Waals surface area contributed by atoms with Crippen LogP contribution >= 0.6 is 0 Å². The van der Waals surface area contributed by atoms with Gasteiger partial charge in [-0.3, -0.25) is 0 Å². The van der Waals surface area contributed by atoms with Crippen LogP contribution in [-0.2, 0) is 0 Å². The lowest BCUT2D eigenvalue weighted by Gasteiger charge is -2.25. The topological polar surface area (TPSA) is 29.9 Å². The largest absolute Gasteiger partial charge is 0.317 e. The van der Waals surface area contributed by atoms with Gasteiger partial charge in [0.25, 0.3) is 0 Å². The normalized spacial score (nSPS) is 15.5. The zero-order chi connectivity index (χ0) is 16.4. The first-order valence-corrected chi connectivity index (χ1v) is 8.74. The van der Waals surface area contributed by atoms with Crippen molar-refractivity contribution in [1.82, 2.24) is 15.1 Å². The Morgan fingerprint density at radius 1 is 0.917 bits per heavy atom. The maximum absolute atomic E-state index is 4.78. The minimum Gasteiger partial charge on any atom is -0.317 e. The van der Waals surface area contributed by atoms with Crippen molar-refractivity contribution in [2.75, 3.05) is 13.1 Å². The molecule has 0 radical (unpaired) electrons. The summed E-state index contributed by atoms with van der Waals surface area (Å²) in [6, 6.07) is 19.1. The molecule has 0 saturated carbocycles. The van der Waals surface area contributed by atoms with Crippen LogP contribution in [0, 0.1) is 6.92 Å². The fourth-order valence-corrected chi connectivity index (χ4v) is 3.70. The molecule has 0 unspecified atom stereocenters. The Morgan fingerprint density at radius 3 is 2.38 bits per heavy atom. The number of nitrogens with one attached hydrogen (secondary N) is 1. The van der Waals surface area contributed by atoms with Crippen LogP contribution in [0.3, 0.4) is 0 Å². The number of hydrogen-bond acceptors (Lipinski definition) is 2. The first-order valence-electron chi connectivity index (χ1n) is 8.74. The smallest absolute Gasteiger partial charge is 0.0649 e. The Morgan fingerprint density at radius 2 is 1.62 bits per heavy atom. The zero-order valence-corrected chi connectivity index (χ0v) is 14.1. The van der Waals surface area contributed by atoms with Gasteiger partial charge in [0.15, 0.2) is 0 Å². The van der Waals surface area contributed by atoms with Gasteiger partial charge in [0.1, 0.15) is 0 Å². The first-order chi connectivity index (χ1) is 11.8. The van der Waals surface area contributed by atoms with Gasteiger partial charge in [-0.15, -0.1) is 0 Å². The summed E-state index contributed by atoms with van der Waals surface area (Å²) in [5.74, 6) is 0.545. The van der Waals surface area contributed by atoms with Crippen molar-refractivity contribution in [3.63, 3.8) is 0 Å². The molecule has 122 valence electrons. The summed E-state index contributed by atoms with van der Waals surface area (Å²) in [7, 11) is 0. The summed E-state index contributed by atoms with van der Waals surface area (Å²) in [5.41, 5.74) is 6.39. The van der Waals surface area contributed by atoms with E-state index in [1.807, 2.05) is 6.20 Å². The lowest BCUT2D eigenvalue weighted by Crippen LogP contribution is -2.28. The highest BCUT2D eigenvalue weighted by atomic mass is 15.3. The molecule has 2 aromatic carbocycles. The lowest BCUT2D eigenvalue weighted by molar-refractivity contribution is 0.446. The number of rotatable bonds is 3. The molecule has 1 aliphatic heterocycles. The summed E-state index contributed by atoms with van der Waals surface area (Å²) in [6.07, 6.45) is 4.38. The second-order valence-electron chi connectivity index (χ2n) is 6.53. The summed E-state index contributed by atoms with van der Waals surface area (Å²) in [4.78, 5) is 0. The van der Waals surface area contributed by atoms with Crippen molar-refractivity contribution in [3.05, 3.63) is 72.1 Å². The van der Waals surface area contributed by atoms with Crippen LogP contribution in [0.4, 0.5) is 0 Å². The van der Waals surface area contributed by atoms with E-state index in [4.69, 9.17) is 5.10 Å². The molecule has 0 atom stereocenters. The van der Waals surface area contributed by atoms with Gasteiger partial charge >= 0.3 is 0 Å². The fraction of sp³-hybridized carbons (Fsp3) is 0.286. The Hall–Kier alpha value is -2.39. The third kappa shape index (κ3) is 2.76. The number of para-hydroxylation sites is 1. The van der Waals surface area contributed by atoms with E-state index in [2.05, 4.69) is 71.5 Å². The van der Waals surface area contributed by atoms with Crippen LogP contribution in [0.25, 0.3) is 16.8 Å². The van der Waals surface area contributed by atoms with E-state index >= 15 is 0 Å². The highest BCUT2D eigenvalue weighted by Crippen LogP contribution is 2.36. The maximum atomic E-state index is 4.78. The standard InChI is InChI=1S/C21H23N3/c1-16-7-5-6-10-19(16)20-15-23-24(18-8-3-2-4-9-18)21(20)17-11-13-22-14-12-17/h2-10,15,17,22H,11-14H2,1H3. The van der Waals surface area contributed by atoms with Gasteiger partial charge in [0.2, 0.25) is 0 Å². The second kappa shape index (κ2) is 6.62. The molecule has 1 aromatic heterocycles. The van der Waals surface area contributed by atoms with Crippen LogP contribution < -0.4 is 5.32 Å². The van der Waals surface area contributed by atoms with Crippen LogP contribution in [-0.4, -0.2) is 22.9 Å². The molecule has 1 saturated heterocycles. The third-order valence-electron chi connectivity index (χ3n) is 4.97. The van der Waals surface area contributed by atoms with Gasteiger partial charge in [-0.2, -0.15) is 5.10 Å². The molecule has 0 amide bonds. The molecule has 0 spiro atoms. The summed E-state index contributed by atoms with van der Waals surface area (Å²) >= 11 is 0. The number of piperidine rings is 1.